The Labute approximate surface area is 750 Å². The Hall–Kier alpha value is 0.597. The first-order chi connectivity index (χ1) is 25.7. The molecule has 0 spiro atoms. The van der Waals surface area contributed by atoms with Gasteiger partial charge in [-0.3, -0.25) is 19.9 Å². The molecular formula is C40H40N8O40SiW12-72. The number of hydrogen-bond acceptors (Lipinski definition) is 4. The number of rotatable bonds is 10. The van der Waals surface area contributed by atoms with E-state index in [-0.39, 0.29) is 450 Å². The smallest absolute Gasteiger partial charge is 0.241 e. The van der Waals surface area contributed by atoms with E-state index in [4.69, 9.17) is 19.2 Å². The van der Waals surface area contributed by atoms with Crippen LogP contribution in [-0.4, -0.2) is 29.0 Å². The number of imidazole rings is 4. The van der Waals surface area contributed by atoms with Crippen molar-refractivity contribution in [3.63, 3.8) is 0 Å². The van der Waals surface area contributed by atoms with Crippen LogP contribution in [0.25, 0.3) is 22.3 Å². The van der Waals surface area contributed by atoms with Crippen molar-refractivity contribution >= 4 is 9.05 Å². The van der Waals surface area contributed by atoms with E-state index in [1.807, 2.05) is 74.9 Å². The number of aromatic amines is 4. The maximum atomic E-state index is 8.58. The summed E-state index contributed by atoms with van der Waals surface area (Å²) < 4.78 is 8.51. The molecule has 0 atom stereocenters. The maximum Gasteiger partial charge on any atom is 0.241 e. The second-order valence-electron chi connectivity index (χ2n) is 12.4. The second kappa shape index (κ2) is 162. The zero-order valence-electron chi connectivity index (χ0n) is 48.5. The quantitative estimate of drug-likeness (QED) is 0.0784. The van der Waals surface area contributed by atoms with Crippen molar-refractivity contribution in [3.05, 3.63) is 194 Å². The normalized spacial score (nSPS) is 5.74. The summed E-state index contributed by atoms with van der Waals surface area (Å²) in [6, 6.07) is 35.1. The molecular weight excluding hydrogens is 3470 g/mol. The van der Waals surface area contributed by atoms with Gasteiger partial charge in [0, 0.05) is 253 Å². The van der Waals surface area contributed by atoms with E-state index in [0.717, 1.165) is 26.2 Å². The third-order valence-corrected chi connectivity index (χ3v) is 8.35. The van der Waals surface area contributed by atoms with Crippen molar-refractivity contribution < 1.29 is 487 Å². The number of aromatic nitrogens is 8. The Morgan fingerprint density at radius 3 is 0.376 bits per heavy atom. The summed E-state index contributed by atoms with van der Waals surface area (Å²) in [7, 11) is -5.61. The molecule has 0 aliphatic heterocycles. The van der Waals surface area contributed by atoms with Crippen LogP contribution in [0, 0.1) is 0 Å². The van der Waals surface area contributed by atoms with E-state index >= 15 is 0 Å². The van der Waals surface area contributed by atoms with Gasteiger partial charge in [-0.05, 0) is 44.5 Å². The molecule has 4 aromatic carbocycles. The van der Waals surface area contributed by atoms with E-state index in [2.05, 4.69) is 135 Å². The molecule has 0 amide bonds. The first-order valence-electron chi connectivity index (χ1n) is 17.0. The molecule has 0 unspecified atom stereocenters. The predicted molar refractivity (Wildman–Crippen MR) is 215 cm³/mol. The number of benzene rings is 4. The molecule has 101 heavy (non-hydrogen) atoms. The Morgan fingerprint density at radius 2 is 0.297 bits per heavy atom. The summed E-state index contributed by atoms with van der Waals surface area (Å²) in [5.74, 6) is 0. The van der Waals surface area contributed by atoms with E-state index in [9.17, 15) is 0 Å². The van der Waals surface area contributed by atoms with Crippen LogP contribution in [-0.2, 0) is 476 Å². The number of nitrogens with zero attached hydrogens (tertiary/aromatic N) is 4. The van der Waals surface area contributed by atoms with Gasteiger partial charge in [-0.2, -0.15) is 0 Å². The van der Waals surface area contributed by atoms with Gasteiger partial charge in [-0.25, -0.2) is 18.3 Å². The zero-order valence-corrected chi connectivity index (χ0v) is 84.7. The Kier molecular flexibility index (Phi) is 479. The molecule has 8 aromatic rings. The average Bonchev–Trinajstić information content (AvgIpc) is 4.00. The predicted octanol–water partition coefficient (Wildman–Crippen LogP) is -4.08. The first kappa shape index (κ1) is 299. The number of hydrogen-bond donors (Lipinski definition) is 4. The van der Waals surface area contributed by atoms with Gasteiger partial charge < -0.3 is 225 Å². The van der Waals surface area contributed by atoms with Gasteiger partial charge in [0.2, 0.25) is 25.3 Å². The van der Waals surface area contributed by atoms with Crippen LogP contribution in [0.5, 0.6) is 0 Å². The standard InChI is InChI=1S/2C20H18N4.O4Si.36O.12W/c2*1-5-19(6-2-17(1)13-23-11-9-21-15-23)20-7-3-18(4-8-20)14-24-12-10-22-16-24;1-5(2,3)4;;;;;;;;;;;;;;;;;;;;;;;;;;;;;;;;;;;;;;;;;;;;;;;;/h2*1-12,15-16H,13-14H2;;;;;;;;;;;;;;;;;;;;;;;;;;;;;;;;;;;;;;;;;;;;;;;;;/q;;-4;36*-2;;;;;;;;;;;;/p+4. The largest absolute Gasteiger partial charge is 2.00 e. The average molecular weight is 3510 g/mol. The van der Waals surface area contributed by atoms with Crippen molar-refractivity contribution in [2.24, 2.45) is 0 Å². The Morgan fingerprint density at radius 1 is 0.198 bits per heavy atom. The van der Waals surface area contributed by atoms with Crippen molar-refractivity contribution in [2.45, 2.75) is 26.2 Å². The molecule has 61 heteroatoms. The maximum absolute atomic E-state index is 8.58. The third-order valence-electron chi connectivity index (χ3n) is 8.35. The van der Waals surface area contributed by atoms with Crippen LogP contribution in [0.4, 0.5) is 0 Å². The molecule has 4 aromatic heterocycles. The van der Waals surface area contributed by atoms with Gasteiger partial charge in [0.05, 0.1) is 0 Å². The fraction of sp³-hybridized carbons (Fsp3) is 0.100. The van der Waals surface area contributed by atoms with E-state index < -0.39 is 9.05 Å². The van der Waals surface area contributed by atoms with Gasteiger partial charge in [-0.15, -0.1) is 0 Å². The minimum atomic E-state index is -5.61. The first-order valence-corrected chi connectivity index (χ1v) is 18.6. The van der Waals surface area contributed by atoms with E-state index in [0.29, 0.717) is 0 Å². The molecule has 0 bridgehead atoms. The van der Waals surface area contributed by atoms with Crippen molar-refractivity contribution in [3.8, 4) is 22.3 Å². The van der Waals surface area contributed by atoms with Crippen molar-refractivity contribution in [1.82, 2.24) is 19.9 Å². The summed E-state index contributed by atoms with van der Waals surface area (Å²) in [5.41, 5.74) is 10.2. The fourth-order valence-electron chi connectivity index (χ4n) is 5.73. The fourth-order valence-corrected chi connectivity index (χ4v) is 5.73. The SMILES string of the molecule is [O-2].[O-2].[O-2].[O-2].[O-2].[O-2].[O-2].[O-2].[O-2].[O-2].[O-2].[O-2].[O-2].[O-2].[O-2].[O-2].[O-2].[O-2].[O-2].[O-2].[O-2].[O-2].[O-2].[O-2].[O-2].[O-2].[O-2].[O-2].[O-2].[O-2].[O-2].[O-2].[O-2].[O-2].[O-2].[O-2].[O-][Si]([O-])([O-])[O-].[W].[W].[W].[W].[W].[W].[W].[W].[W].[W].[W].[W].c1c[n+](Cc2ccc(-c3ccc(C[n+]4cc[nH]c4)cc3)cc2)c[nH]1.c1c[n+](Cc2ccc(-c3ccc(C[n+]4cc[nH]c4)cc3)cc2)c[nH]1. The van der Waals surface area contributed by atoms with Crippen molar-refractivity contribution in [2.75, 3.05) is 0 Å². The molecule has 4 N–H and O–H groups in total. The molecule has 0 saturated carbocycles. The third kappa shape index (κ3) is 114. The zero-order chi connectivity index (χ0) is 36.9. The summed E-state index contributed by atoms with van der Waals surface area (Å²) in [4.78, 5) is 46.6. The molecule has 0 aliphatic rings. The van der Waals surface area contributed by atoms with Crippen LogP contribution in [0.1, 0.15) is 22.3 Å². The monoisotopic (exact) mass is 3510 g/mol. The summed E-state index contributed by atoms with van der Waals surface area (Å²) >= 11 is 0. The molecule has 0 radical (unpaired) electrons. The van der Waals surface area contributed by atoms with Crippen LogP contribution >= 0.6 is 0 Å². The Balaban J connectivity index is -0.0000000105. The van der Waals surface area contributed by atoms with Gasteiger partial charge in [-0.1, -0.05) is 97.1 Å². The molecule has 0 saturated heterocycles. The molecule has 628 valence electrons. The molecule has 0 aliphatic carbocycles. The van der Waals surface area contributed by atoms with Gasteiger partial charge in [0.25, 0.3) is 0 Å². The number of nitrogens with one attached hydrogen (secondary N) is 4. The van der Waals surface area contributed by atoms with E-state index in [1.54, 1.807) is 0 Å². The van der Waals surface area contributed by atoms with Gasteiger partial charge >= 0.3 is 0 Å². The van der Waals surface area contributed by atoms with E-state index in [1.165, 1.54) is 44.5 Å². The van der Waals surface area contributed by atoms with Gasteiger partial charge in [0.1, 0.15) is 75.8 Å². The molecule has 48 nitrogen and oxygen atoms in total. The summed E-state index contributed by atoms with van der Waals surface area (Å²) in [6.45, 7) is 3.54. The van der Waals surface area contributed by atoms with Crippen LogP contribution in [0.3, 0.4) is 0 Å². The minimum absolute atomic E-state index is 0. The van der Waals surface area contributed by atoms with Crippen LogP contribution in [0.15, 0.2) is 172 Å². The second-order valence-corrected chi connectivity index (χ2v) is 13.4. The molecule has 0 fully saturated rings. The van der Waals surface area contributed by atoms with Crippen molar-refractivity contribution in [1.29, 1.82) is 0 Å². The molecule has 4 heterocycles. The Bertz CT molecular complexity index is 1990. The summed E-state index contributed by atoms with van der Waals surface area (Å²) in [6.07, 6.45) is 23.7. The topological polar surface area (TPSA) is 1200 Å². The van der Waals surface area contributed by atoms with Crippen LogP contribution < -0.4 is 37.5 Å². The minimum Gasteiger partial charge on any atom is -2.00 e. The number of H-pyrrole nitrogens is 4. The molecule has 8 rings (SSSR count). The summed E-state index contributed by atoms with van der Waals surface area (Å²) in [5, 5.41) is 0. The van der Waals surface area contributed by atoms with Crippen LogP contribution in [0.2, 0.25) is 0 Å². The van der Waals surface area contributed by atoms with Gasteiger partial charge in [0.15, 0.2) is 0 Å².